The molecule has 124 valence electrons. The zero-order valence-electron chi connectivity index (χ0n) is 13.3. The lowest BCUT2D eigenvalue weighted by molar-refractivity contribution is 0.174. The summed E-state index contributed by atoms with van der Waals surface area (Å²) < 4.78 is 14.7. The first-order valence-corrected chi connectivity index (χ1v) is 8.29. The largest absolute Gasteiger partial charge is 0.454 e. The molecule has 1 aliphatic heterocycles. The Hall–Kier alpha value is -2.45. The third kappa shape index (κ3) is 2.74. The highest BCUT2D eigenvalue weighted by atomic mass is 32.1. The van der Waals surface area contributed by atoms with E-state index in [4.69, 9.17) is 9.47 Å². The Bertz CT molecular complexity index is 966. The smallest absolute Gasteiger partial charge is 0.252 e. The number of ether oxygens (including phenoxy) is 2. The van der Waals surface area contributed by atoms with Crippen LogP contribution in [-0.2, 0) is 13.1 Å². The van der Waals surface area contributed by atoms with Crippen molar-refractivity contribution < 1.29 is 9.47 Å². The first-order chi connectivity index (χ1) is 11.6. The molecule has 0 bridgehead atoms. The minimum Gasteiger partial charge on any atom is -0.454 e. The summed E-state index contributed by atoms with van der Waals surface area (Å²) in [5.74, 6) is 1.37. The van der Waals surface area contributed by atoms with E-state index in [0.29, 0.717) is 30.2 Å². The molecule has 3 aromatic rings. The first-order valence-electron chi connectivity index (χ1n) is 7.52. The van der Waals surface area contributed by atoms with Crippen LogP contribution in [0.1, 0.15) is 16.1 Å². The molecular formula is C16H16N4O3S. The fourth-order valence-corrected chi connectivity index (χ4v) is 3.46. The lowest BCUT2D eigenvalue weighted by Gasteiger charge is -2.15. The first kappa shape index (κ1) is 15.1. The minimum absolute atomic E-state index is 0.0904. The van der Waals surface area contributed by atoms with Crippen molar-refractivity contribution in [1.29, 1.82) is 0 Å². The van der Waals surface area contributed by atoms with Gasteiger partial charge in [-0.05, 0) is 37.6 Å². The molecule has 0 unspecified atom stereocenters. The molecule has 7 nitrogen and oxygen atoms in total. The van der Waals surface area contributed by atoms with E-state index in [9.17, 15) is 4.79 Å². The lowest BCUT2D eigenvalue weighted by Crippen LogP contribution is -2.23. The number of hydrogen-bond donors (Lipinski definition) is 1. The Morgan fingerprint density at radius 2 is 2.04 bits per heavy atom. The summed E-state index contributed by atoms with van der Waals surface area (Å²) in [4.78, 5) is 18.5. The summed E-state index contributed by atoms with van der Waals surface area (Å²) in [5, 5.41) is 4.95. The molecule has 0 spiro atoms. The van der Waals surface area contributed by atoms with E-state index in [1.165, 1.54) is 11.5 Å². The van der Waals surface area contributed by atoms with E-state index < -0.39 is 0 Å². The zero-order valence-corrected chi connectivity index (χ0v) is 14.1. The normalized spacial score (nSPS) is 13.1. The summed E-state index contributed by atoms with van der Waals surface area (Å²) >= 11 is 1.39. The van der Waals surface area contributed by atoms with Crippen molar-refractivity contribution in [2.24, 2.45) is 0 Å². The second-order valence-corrected chi connectivity index (χ2v) is 6.71. The number of rotatable bonds is 4. The molecule has 1 aliphatic rings. The van der Waals surface area contributed by atoms with Gasteiger partial charge < -0.3 is 14.5 Å². The Labute approximate surface area is 142 Å². The number of H-pyrrole nitrogens is 1. The van der Waals surface area contributed by atoms with Crippen molar-refractivity contribution in [3.8, 4) is 11.5 Å². The molecule has 0 saturated carbocycles. The number of aryl methyl sites for hydroxylation is 1. The van der Waals surface area contributed by atoms with Gasteiger partial charge in [0.2, 0.25) is 6.79 Å². The Morgan fingerprint density at radius 3 is 2.79 bits per heavy atom. The van der Waals surface area contributed by atoms with Gasteiger partial charge in [-0.2, -0.15) is 0 Å². The van der Waals surface area contributed by atoms with Crippen LogP contribution in [0.25, 0.3) is 10.9 Å². The van der Waals surface area contributed by atoms with Crippen LogP contribution in [0, 0.1) is 6.92 Å². The quantitative estimate of drug-likeness (QED) is 0.780. The van der Waals surface area contributed by atoms with Gasteiger partial charge in [-0.3, -0.25) is 9.69 Å². The number of fused-ring (bicyclic) bond motifs is 2. The maximum atomic E-state index is 12.4. The number of aromatic amines is 1. The molecule has 3 heterocycles. The lowest BCUT2D eigenvalue weighted by atomic mass is 10.1. The second kappa shape index (κ2) is 5.88. The van der Waals surface area contributed by atoms with E-state index in [-0.39, 0.29) is 12.4 Å². The van der Waals surface area contributed by atoms with Crippen LogP contribution in [0.4, 0.5) is 0 Å². The SMILES string of the molecule is Cc1nnsc1CN(C)Cc1cc2cc3c(cc2[nH]c1=O)OCO3. The van der Waals surface area contributed by atoms with Crippen molar-refractivity contribution in [2.45, 2.75) is 20.0 Å². The van der Waals surface area contributed by atoms with Gasteiger partial charge in [0.05, 0.1) is 16.1 Å². The van der Waals surface area contributed by atoms with Gasteiger partial charge in [-0.15, -0.1) is 5.10 Å². The number of benzene rings is 1. The predicted octanol–water partition coefficient (Wildman–Crippen LogP) is 2.05. The summed E-state index contributed by atoms with van der Waals surface area (Å²) in [6.07, 6.45) is 0. The molecule has 1 aromatic carbocycles. The number of aromatic nitrogens is 3. The molecule has 0 aliphatic carbocycles. The molecule has 8 heteroatoms. The van der Waals surface area contributed by atoms with Crippen molar-refractivity contribution in [1.82, 2.24) is 19.5 Å². The van der Waals surface area contributed by atoms with E-state index in [0.717, 1.165) is 21.5 Å². The van der Waals surface area contributed by atoms with Crippen LogP contribution in [0.5, 0.6) is 11.5 Å². The third-order valence-electron chi connectivity index (χ3n) is 4.01. The van der Waals surface area contributed by atoms with Gasteiger partial charge in [0, 0.05) is 30.1 Å². The average molecular weight is 344 g/mol. The molecule has 4 rings (SSSR count). The van der Waals surface area contributed by atoms with Gasteiger partial charge in [-0.1, -0.05) is 4.49 Å². The van der Waals surface area contributed by atoms with Crippen LogP contribution >= 0.6 is 11.5 Å². The average Bonchev–Trinajstić information content (AvgIpc) is 3.15. The van der Waals surface area contributed by atoms with E-state index in [1.54, 1.807) is 6.07 Å². The number of hydrogen-bond acceptors (Lipinski definition) is 7. The fraction of sp³-hybridized carbons (Fsp3) is 0.312. The third-order valence-corrected chi connectivity index (χ3v) is 4.82. The second-order valence-electron chi connectivity index (χ2n) is 5.87. The zero-order chi connectivity index (χ0) is 16.7. The Morgan fingerprint density at radius 1 is 1.25 bits per heavy atom. The highest BCUT2D eigenvalue weighted by molar-refractivity contribution is 7.05. The summed E-state index contributed by atoms with van der Waals surface area (Å²) in [5.41, 5.74) is 2.30. The molecular weight excluding hydrogens is 328 g/mol. The molecule has 24 heavy (non-hydrogen) atoms. The van der Waals surface area contributed by atoms with E-state index >= 15 is 0 Å². The topological polar surface area (TPSA) is 80.3 Å². The number of pyridine rings is 1. The standard InChI is InChI=1S/C16H16N4O3S/c1-9-15(24-19-18-9)7-20(2)6-11-3-10-4-13-14(23-8-22-13)5-12(10)17-16(11)21/h3-5H,6-8H2,1-2H3,(H,17,21). The number of nitrogens with zero attached hydrogens (tertiary/aromatic N) is 3. The highest BCUT2D eigenvalue weighted by Gasteiger charge is 2.16. The van der Waals surface area contributed by atoms with Crippen molar-refractivity contribution in [3.05, 3.63) is 44.7 Å². The van der Waals surface area contributed by atoms with Crippen LogP contribution in [0.3, 0.4) is 0 Å². The van der Waals surface area contributed by atoms with Gasteiger partial charge in [0.1, 0.15) is 0 Å². The van der Waals surface area contributed by atoms with Crippen LogP contribution < -0.4 is 15.0 Å². The fourth-order valence-electron chi connectivity index (χ4n) is 2.75. The van der Waals surface area contributed by atoms with E-state index in [2.05, 4.69) is 19.5 Å². The summed E-state index contributed by atoms with van der Waals surface area (Å²) in [6, 6.07) is 5.61. The number of nitrogens with one attached hydrogen (secondary N) is 1. The van der Waals surface area contributed by atoms with Gasteiger partial charge in [0.25, 0.3) is 5.56 Å². The minimum atomic E-state index is -0.0904. The van der Waals surface area contributed by atoms with Gasteiger partial charge >= 0.3 is 0 Å². The van der Waals surface area contributed by atoms with Crippen LogP contribution in [-0.4, -0.2) is 33.3 Å². The maximum Gasteiger partial charge on any atom is 0.252 e. The summed E-state index contributed by atoms with van der Waals surface area (Å²) in [6.45, 7) is 3.41. The molecule has 1 N–H and O–H groups in total. The van der Waals surface area contributed by atoms with Gasteiger partial charge in [0.15, 0.2) is 11.5 Å². The molecule has 2 aromatic heterocycles. The summed E-state index contributed by atoms with van der Waals surface area (Å²) in [7, 11) is 1.97. The van der Waals surface area contributed by atoms with Crippen molar-refractivity contribution in [2.75, 3.05) is 13.8 Å². The highest BCUT2D eigenvalue weighted by Crippen LogP contribution is 2.35. The molecule has 0 atom stereocenters. The molecule has 0 amide bonds. The molecule has 0 radical (unpaired) electrons. The van der Waals surface area contributed by atoms with Crippen molar-refractivity contribution >= 4 is 22.4 Å². The molecule has 0 fully saturated rings. The molecule has 0 saturated heterocycles. The van der Waals surface area contributed by atoms with Crippen molar-refractivity contribution in [3.63, 3.8) is 0 Å². The predicted molar refractivity (Wildman–Crippen MR) is 90.5 cm³/mol. The Kier molecular flexibility index (Phi) is 3.70. The van der Waals surface area contributed by atoms with Gasteiger partial charge in [-0.25, -0.2) is 0 Å². The maximum absolute atomic E-state index is 12.4. The van der Waals surface area contributed by atoms with Crippen LogP contribution in [0.2, 0.25) is 0 Å². The Balaban J connectivity index is 1.62. The van der Waals surface area contributed by atoms with E-state index in [1.807, 2.05) is 26.1 Å². The monoisotopic (exact) mass is 344 g/mol. The van der Waals surface area contributed by atoms with Crippen LogP contribution in [0.15, 0.2) is 23.0 Å².